The molecular weight excluding hydrogens is 215 g/mol. The minimum Gasteiger partial charge on any atom is -0.330 e. The zero-order valence-electron chi connectivity index (χ0n) is 7.81. The number of hydrogen-bond acceptors (Lipinski definition) is 1. The number of nitrogens with two attached hydrogens (primary N) is 1. The lowest BCUT2D eigenvalue weighted by Crippen LogP contribution is -2.53. The Bertz CT molecular complexity index is 203. The van der Waals surface area contributed by atoms with Crippen LogP contribution in [0.5, 0.6) is 0 Å². The molecule has 1 spiro atoms. The molecule has 14 heavy (non-hydrogen) atoms. The van der Waals surface area contributed by atoms with Crippen LogP contribution >= 0.6 is 12.4 Å². The van der Waals surface area contributed by atoms with E-state index in [-0.39, 0.29) is 17.8 Å². The summed E-state index contributed by atoms with van der Waals surface area (Å²) in [5.74, 6) is -0.527. The van der Waals surface area contributed by atoms with Crippen LogP contribution in [0.25, 0.3) is 0 Å². The monoisotopic (exact) mass is 229 g/mol. The molecule has 0 saturated heterocycles. The standard InChI is InChI=1S/C9H14F3N.ClH/c10-9(11,12)7-3-8(4-7)1-6(2-8)5-13;/h6-7H,1-5,13H2;1H. The summed E-state index contributed by atoms with van der Waals surface area (Å²) < 4.78 is 36.5. The van der Waals surface area contributed by atoms with E-state index in [2.05, 4.69) is 0 Å². The Hall–Kier alpha value is 0.0400. The van der Waals surface area contributed by atoms with Crippen LogP contribution in [0.15, 0.2) is 0 Å². The molecule has 2 fully saturated rings. The molecular formula is C9H15ClF3N. The van der Waals surface area contributed by atoms with Gasteiger partial charge in [0.2, 0.25) is 0 Å². The molecule has 1 nitrogen and oxygen atoms in total. The van der Waals surface area contributed by atoms with Gasteiger partial charge in [-0.25, -0.2) is 0 Å². The summed E-state index contributed by atoms with van der Waals surface area (Å²) in [6.07, 6.45) is -1.40. The average Bonchev–Trinajstić information content (AvgIpc) is 1.78. The van der Waals surface area contributed by atoms with Crippen molar-refractivity contribution in [3.05, 3.63) is 0 Å². The maximum atomic E-state index is 12.2. The van der Waals surface area contributed by atoms with Crippen molar-refractivity contribution in [2.45, 2.75) is 31.9 Å². The Balaban J connectivity index is 0.000000980. The van der Waals surface area contributed by atoms with Crippen molar-refractivity contribution in [1.29, 1.82) is 0 Å². The van der Waals surface area contributed by atoms with E-state index in [1.807, 2.05) is 0 Å². The van der Waals surface area contributed by atoms with E-state index in [1.54, 1.807) is 0 Å². The third-order valence-electron chi connectivity index (χ3n) is 3.60. The van der Waals surface area contributed by atoms with Gasteiger partial charge in [0, 0.05) is 0 Å². The number of halogens is 4. The molecule has 2 rings (SSSR count). The molecule has 5 heteroatoms. The number of hydrogen-bond donors (Lipinski definition) is 1. The second kappa shape index (κ2) is 3.56. The summed E-state index contributed by atoms with van der Waals surface area (Å²) in [6, 6.07) is 0. The quantitative estimate of drug-likeness (QED) is 0.735. The lowest BCUT2D eigenvalue weighted by Gasteiger charge is -2.58. The number of rotatable bonds is 1. The Labute approximate surface area is 87.6 Å². The van der Waals surface area contributed by atoms with Crippen LogP contribution in [0.2, 0.25) is 0 Å². The molecule has 0 aromatic carbocycles. The highest BCUT2D eigenvalue weighted by molar-refractivity contribution is 5.85. The molecule has 0 amide bonds. The fraction of sp³-hybridized carbons (Fsp3) is 1.00. The molecule has 84 valence electrons. The molecule has 2 aliphatic rings. The molecule has 0 aliphatic heterocycles. The average molecular weight is 230 g/mol. The molecule has 0 bridgehead atoms. The smallest absolute Gasteiger partial charge is 0.330 e. The SMILES string of the molecule is Cl.NCC1CC2(C1)CC(C(F)(F)F)C2. The molecule has 2 saturated carbocycles. The predicted molar refractivity (Wildman–Crippen MR) is 50.2 cm³/mol. The molecule has 0 radical (unpaired) electrons. The van der Waals surface area contributed by atoms with Crippen molar-refractivity contribution in [1.82, 2.24) is 0 Å². The van der Waals surface area contributed by atoms with E-state index in [9.17, 15) is 13.2 Å². The minimum atomic E-state index is -3.96. The van der Waals surface area contributed by atoms with Gasteiger partial charge in [0.15, 0.2) is 0 Å². The highest BCUT2D eigenvalue weighted by Crippen LogP contribution is 2.63. The number of alkyl halides is 3. The minimum absolute atomic E-state index is 0. The summed E-state index contributed by atoms with van der Waals surface area (Å²) >= 11 is 0. The van der Waals surface area contributed by atoms with Gasteiger partial charge in [-0.2, -0.15) is 13.2 Å². The van der Waals surface area contributed by atoms with Gasteiger partial charge in [0.05, 0.1) is 5.92 Å². The fourth-order valence-corrected chi connectivity index (χ4v) is 2.88. The second-order valence-electron chi connectivity index (χ2n) is 4.66. The highest BCUT2D eigenvalue weighted by atomic mass is 35.5. The molecule has 0 aromatic heterocycles. The lowest BCUT2D eigenvalue weighted by atomic mass is 9.48. The largest absolute Gasteiger partial charge is 0.391 e. The van der Waals surface area contributed by atoms with Crippen LogP contribution < -0.4 is 5.73 Å². The zero-order valence-corrected chi connectivity index (χ0v) is 8.63. The van der Waals surface area contributed by atoms with Gasteiger partial charge in [-0.3, -0.25) is 0 Å². The summed E-state index contributed by atoms with van der Waals surface area (Å²) in [7, 11) is 0. The van der Waals surface area contributed by atoms with Gasteiger partial charge in [-0.05, 0) is 43.6 Å². The zero-order chi connectivity index (χ0) is 9.69. The van der Waals surface area contributed by atoms with Gasteiger partial charge in [-0.15, -0.1) is 12.4 Å². The van der Waals surface area contributed by atoms with Gasteiger partial charge in [0.25, 0.3) is 0 Å². The molecule has 0 aromatic rings. The summed E-state index contributed by atoms with van der Waals surface area (Å²) in [6.45, 7) is 0.637. The molecule has 0 unspecified atom stereocenters. The highest BCUT2D eigenvalue weighted by Gasteiger charge is 2.59. The van der Waals surface area contributed by atoms with Crippen LogP contribution in [-0.4, -0.2) is 12.7 Å². The van der Waals surface area contributed by atoms with Gasteiger partial charge in [0.1, 0.15) is 0 Å². The van der Waals surface area contributed by atoms with E-state index in [0.29, 0.717) is 25.3 Å². The summed E-state index contributed by atoms with van der Waals surface area (Å²) in [4.78, 5) is 0. The first-order chi connectivity index (χ1) is 5.95. The Morgan fingerprint density at radius 1 is 1.14 bits per heavy atom. The first kappa shape index (κ1) is 12.1. The molecule has 0 atom stereocenters. The molecule has 0 heterocycles. The summed E-state index contributed by atoms with van der Waals surface area (Å²) in [5, 5.41) is 0. The van der Waals surface area contributed by atoms with Crippen LogP contribution in [0, 0.1) is 17.3 Å². The Morgan fingerprint density at radius 3 is 2.00 bits per heavy atom. The maximum Gasteiger partial charge on any atom is 0.391 e. The van der Waals surface area contributed by atoms with Gasteiger partial charge >= 0.3 is 6.18 Å². The molecule has 2 N–H and O–H groups in total. The van der Waals surface area contributed by atoms with Crippen molar-refractivity contribution < 1.29 is 13.2 Å². The van der Waals surface area contributed by atoms with E-state index in [0.717, 1.165) is 12.8 Å². The Kier molecular flexibility index (Phi) is 3.08. The van der Waals surface area contributed by atoms with E-state index < -0.39 is 12.1 Å². The van der Waals surface area contributed by atoms with E-state index in [4.69, 9.17) is 5.73 Å². The Morgan fingerprint density at radius 2 is 1.64 bits per heavy atom. The normalized spacial score (nSPS) is 41.1. The van der Waals surface area contributed by atoms with Crippen molar-refractivity contribution >= 4 is 12.4 Å². The van der Waals surface area contributed by atoms with Crippen LogP contribution in [-0.2, 0) is 0 Å². The fourth-order valence-electron chi connectivity index (χ4n) is 2.88. The van der Waals surface area contributed by atoms with Crippen molar-refractivity contribution in [2.24, 2.45) is 23.0 Å². The van der Waals surface area contributed by atoms with Crippen molar-refractivity contribution in [2.75, 3.05) is 6.54 Å². The first-order valence-corrected chi connectivity index (χ1v) is 4.72. The third kappa shape index (κ3) is 1.87. The van der Waals surface area contributed by atoms with Crippen molar-refractivity contribution in [3.8, 4) is 0 Å². The first-order valence-electron chi connectivity index (χ1n) is 4.72. The van der Waals surface area contributed by atoms with Crippen LogP contribution in [0.1, 0.15) is 25.7 Å². The van der Waals surface area contributed by atoms with Crippen LogP contribution in [0.4, 0.5) is 13.2 Å². The predicted octanol–water partition coefficient (Wildman–Crippen LogP) is 2.74. The van der Waals surface area contributed by atoms with Gasteiger partial charge < -0.3 is 5.73 Å². The topological polar surface area (TPSA) is 26.0 Å². The van der Waals surface area contributed by atoms with Crippen molar-refractivity contribution in [3.63, 3.8) is 0 Å². The third-order valence-corrected chi connectivity index (χ3v) is 3.60. The molecule has 2 aliphatic carbocycles. The van der Waals surface area contributed by atoms with E-state index in [1.165, 1.54) is 0 Å². The second-order valence-corrected chi connectivity index (χ2v) is 4.66. The summed E-state index contributed by atoms with van der Waals surface area (Å²) in [5.41, 5.74) is 5.48. The lowest BCUT2D eigenvalue weighted by molar-refractivity contribution is -0.239. The van der Waals surface area contributed by atoms with E-state index >= 15 is 0 Å². The maximum absolute atomic E-state index is 12.2. The van der Waals surface area contributed by atoms with Crippen LogP contribution in [0.3, 0.4) is 0 Å². The van der Waals surface area contributed by atoms with Gasteiger partial charge in [-0.1, -0.05) is 0 Å².